The van der Waals surface area contributed by atoms with Gasteiger partial charge in [0.25, 0.3) is 5.91 Å². The van der Waals surface area contributed by atoms with Gasteiger partial charge in [-0.3, -0.25) is 4.79 Å². The first-order valence-electron chi connectivity index (χ1n) is 7.48. The fourth-order valence-electron chi connectivity index (χ4n) is 2.68. The number of nitrogens with one attached hydrogen (secondary N) is 1. The number of aromatic hydroxyl groups is 1. The SMILES string of the molecule is O=C(NCc1nc(C2CCCCC2)no1)c1ncccc1O. The third-order valence-corrected chi connectivity index (χ3v) is 3.86. The van der Waals surface area contributed by atoms with Crippen molar-refractivity contribution in [1.82, 2.24) is 20.4 Å². The Bertz CT molecular complexity index is 650. The lowest BCUT2D eigenvalue weighted by molar-refractivity contribution is 0.0938. The molecule has 1 saturated carbocycles. The molecule has 2 N–H and O–H groups in total. The number of carbonyl (C=O) groups is 1. The molecule has 2 aromatic rings. The van der Waals surface area contributed by atoms with Crippen molar-refractivity contribution in [2.45, 2.75) is 44.6 Å². The van der Waals surface area contributed by atoms with Crippen LogP contribution in [0.3, 0.4) is 0 Å². The van der Waals surface area contributed by atoms with Crippen molar-refractivity contribution < 1.29 is 14.4 Å². The molecule has 1 aliphatic rings. The van der Waals surface area contributed by atoms with Crippen LogP contribution < -0.4 is 5.32 Å². The molecule has 116 valence electrons. The summed E-state index contributed by atoms with van der Waals surface area (Å²) in [7, 11) is 0. The maximum Gasteiger partial charge on any atom is 0.274 e. The van der Waals surface area contributed by atoms with Gasteiger partial charge in [0.1, 0.15) is 5.75 Å². The zero-order chi connectivity index (χ0) is 15.4. The molecule has 0 spiro atoms. The van der Waals surface area contributed by atoms with Crippen LogP contribution in [0.2, 0.25) is 0 Å². The van der Waals surface area contributed by atoms with Crippen LogP contribution in [-0.2, 0) is 6.54 Å². The number of rotatable bonds is 4. The molecular formula is C15H18N4O3. The van der Waals surface area contributed by atoms with Crippen LogP contribution in [0.25, 0.3) is 0 Å². The Morgan fingerprint density at radius 3 is 2.95 bits per heavy atom. The molecule has 0 atom stereocenters. The maximum absolute atomic E-state index is 11.9. The first-order valence-corrected chi connectivity index (χ1v) is 7.48. The lowest BCUT2D eigenvalue weighted by Crippen LogP contribution is -2.24. The van der Waals surface area contributed by atoms with Crippen LogP contribution in [0.15, 0.2) is 22.9 Å². The molecule has 1 fully saturated rings. The summed E-state index contributed by atoms with van der Waals surface area (Å²) in [5.41, 5.74) is -0.0190. The highest BCUT2D eigenvalue weighted by Crippen LogP contribution is 2.30. The predicted octanol–water partition coefficient (Wildman–Crippen LogP) is 2.15. The number of nitrogens with zero attached hydrogens (tertiary/aromatic N) is 3. The molecule has 3 rings (SSSR count). The average molecular weight is 302 g/mol. The molecule has 0 unspecified atom stereocenters. The van der Waals surface area contributed by atoms with E-state index in [-0.39, 0.29) is 18.0 Å². The Morgan fingerprint density at radius 2 is 2.18 bits per heavy atom. The van der Waals surface area contributed by atoms with E-state index in [1.807, 2.05) is 0 Å². The van der Waals surface area contributed by atoms with Crippen molar-refractivity contribution in [3.63, 3.8) is 0 Å². The van der Waals surface area contributed by atoms with Gasteiger partial charge in [-0.2, -0.15) is 4.98 Å². The van der Waals surface area contributed by atoms with Crippen molar-refractivity contribution in [1.29, 1.82) is 0 Å². The highest BCUT2D eigenvalue weighted by Gasteiger charge is 2.21. The highest BCUT2D eigenvalue weighted by molar-refractivity contribution is 5.94. The molecule has 0 radical (unpaired) electrons. The van der Waals surface area contributed by atoms with Crippen LogP contribution in [0.1, 0.15) is 60.2 Å². The topological polar surface area (TPSA) is 101 Å². The van der Waals surface area contributed by atoms with Gasteiger partial charge in [0.05, 0.1) is 6.54 Å². The zero-order valence-electron chi connectivity index (χ0n) is 12.2. The van der Waals surface area contributed by atoms with Gasteiger partial charge in [-0.25, -0.2) is 4.98 Å². The largest absolute Gasteiger partial charge is 0.505 e. The Balaban J connectivity index is 1.59. The monoisotopic (exact) mass is 302 g/mol. The van der Waals surface area contributed by atoms with Crippen molar-refractivity contribution in [2.75, 3.05) is 0 Å². The van der Waals surface area contributed by atoms with Crippen LogP contribution in [-0.4, -0.2) is 26.1 Å². The molecule has 1 aliphatic carbocycles. The first-order chi connectivity index (χ1) is 10.7. The molecule has 1 amide bonds. The Labute approximate surface area is 127 Å². The van der Waals surface area contributed by atoms with Crippen LogP contribution in [0, 0.1) is 0 Å². The Morgan fingerprint density at radius 1 is 1.36 bits per heavy atom. The van der Waals surface area contributed by atoms with Crippen LogP contribution in [0.4, 0.5) is 0 Å². The van der Waals surface area contributed by atoms with Crippen molar-refractivity contribution >= 4 is 5.91 Å². The minimum Gasteiger partial charge on any atom is -0.505 e. The van der Waals surface area contributed by atoms with E-state index in [4.69, 9.17) is 4.52 Å². The average Bonchev–Trinajstić information content (AvgIpc) is 3.03. The Kier molecular flexibility index (Phi) is 4.32. The number of pyridine rings is 1. The fourth-order valence-corrected chi connectivity index (χ4v) is 2.68. The van der Waals surface area contributed by atoms with E-state index in [1.165, 1.54) is 31.5 Å². The van der Waals surface area contributed by atoms with E-state index >= 15 is 0 Å². The van der Waals surface area contributed by atoms with E-state index in [0.717, 1.165) is 18.7 Å². The van der Waals surface area contributed by atoms with Gasteiger partial charge in [-0.15, -0.1) is 0 Å². The summed E-state index contributed by atoms with van der Waals surface area (Å²) in [5.74, 6) is 0.819. The quantitative estimate of drug-likeness (QED) is 0.897. The minimum atomic E-state index is -0.476. The summed E-state index contributed by atoms with van der Waals surface area (Å²) in [6.07, 6.45) is 7.29. The molecule has 22 heavy (non-hydrogen) atoms. The summed E-state index contributed by atoms with van der Waals surface area (Å²) in [6, 6.07) is 2.97. The van der Waals surface area contributed by atoms with Gasteiger partial charge in [-0.05, 0) is 25.0 Å². The summed E-state index contributed by atoms with van der Waals surface area (Å²) < 4.78 is 5.18. The second kappa shape index (κ2) is 6.55. The lowest BCUT2D eigenvalue weighted by atomic mass is 9.89. The molecular weight excluding hydrogens is 284 g/mol. The van der Waals surface area contributed by atoms with Crippen molar-refractivity contribution in [2.24, 2.45) is 0 Å². The number of hydrogen-bond donors (Lipinski definition) is 2. The summed E-state index contributed by atoms with van der Waals surface area (Å²) in [6.45, 7) is 0.120. The molecule has 2 heterocycles. The van der Waals surface area contributed by atoms with Crippen molar-refractivity contribution in [3.8, 4) is 5.75 Å². The predicted molar refractivity (Wildman–Crippen MR) is 77.2 cm³/mol. The lowest BCUT2D eigenvalue weighted by Gasteiger charge is -2.17. The molecule has 2 aromatic heterocycles. The van der Waals surface area contributed by atoms with E-state index in [0.29, 0.717) is 11.8 Å². The Hall–Kier alpha value is -2.44. The number of aromatic nitrogens is 3. The summed E-state index contributed by atoms with van der Waals surface area (Å²) in [5, 5.41) is 16.2. The van der Waals surface area contributed by atoms with Crippen LogP contribution >= 0.6 is 0 Å². The third-order valence-electron chi connectivity index (χ3n) is 3.86. The van der Waals surface area contributed by atoms with Crippen LogP contribution in [0.5, 0.6) is 5.75 Å². The van der Waals surface area contributed by atoms with E-state index < -0.39 is 5.91 Å². The first kappa shape index (κ1) is 14.5. The highest BCUT2D eigenvalue weighted by atomic mass is 16.5. The molecule has 0 aliphatic heterocycles. The maximum atomic E-state index is 11.9. The smallest absolute Gasteiger partial charge is 0.274 e. The number of carbonyl (C=O) groups excluding carboxylic acids is 1. The van der Waals surface area contributed by atoms with E-state index in [2.05, 4.69) is 20.4 Å². The zero-order valence-corrected chi connectivity index (χ0v) is 12.2. The normalized spacial score (nSPS) is 15.6. The molecule has 0 bridgehead atoms. The van der Waals surface area contributed by atoms with Gasteiger partial charge >= 0.3 is 0 Å². The fraction of sp³-hybridized carbons (Fsp3) is 0.467. The third kappa shape index (κ3) is 3.24. The summed E-state index contributed by atoms with van der Waals surface area (Å²) in [4.78, 5) is 20.1. The molecule has 7 nitrogen and oxygen atoms in total. The molecule has 0 aromatic carbocycles. The number of amides is 1. The van der Waals surface area contributed by atoms with Gasteiger partial charge in [0.15, 0.2) is 11.5 Å². The van der Waals surface area contributed by atoms with Crippen molar-refractivity contribution in [3.05, 3.63) is 35.7 Å². The van der Waals surface area contributed by atoms with E-state index in [9.17, 15) is 9.90 Å². The summed E-state index contributed by atoms with van der Waals surface area (Å²) >= 11 is 0. The van der Waals surface area contributed by atoms with Gasteiger partial charge in [-0.1, -0.05) is 24.4 Å². The van der Waals surface area contributed by atoms with Gasteiger partial charge < -0.3 is 14.9 Å². The second-order valence-electron chi connectivity index (χ2n) is 5.44. The van der Waals surface area contributed by atoms with Gasteiger partial charge in [0, 0.05) is 12.1 Å². The standard InChI is InChI=1S/C15H18N4O3/c20-11-7-4-8-16-13(11)15(21)17-9-12-18-14(19-22-12)10-5-2-1-3-6-10/h4,7-8,10,20H,1-3,5-6,9H2,(H,17,21). The van der Waals surface area contributed by atoms with Gasteiger partial charge in [0.2, 0.25) is 5.89 Å². The van der Waals surface area contributed by atoms with E-state index in [1.54, 1.807) is 6.07 Å². The minimum absolute atomic E-state index is 0.0190. The second-order valence-corrected chi connectivity index (χ2v) is 5.44. The number of hydrogen-bond acceptors (Lipinski definition) is 6. The molecule has 0 saturated heterocycles. The molecule has 7 heteroatoms.